The van der Waals surface area contributed by atoms with Crippen molar-refractivity contribution in [2.75, 3.05) is 6.61 Å². The van der Waals surface area contributed by atoms with Gasteiger partial charge in [0.1, 0.15) is 5.56 Å². The smallest absolute Gasteiger partial charge is 0.257 e. The van der Waals surface area contributed by atoms with Crippen LogP contribution in [0.15, 0.2) is 36.5 Å². The largest absolute Gasteiger partial charge is 0.477 e. The highest BCUT2D eigenvalue weighted by atomic mass is 16.5. The van der Waals surface area contributed by atoms with Gasteiger partial charge in [-0.2, -0.15) is 5.10 Å². The van der Waals surface area contributed by atoms with Crippen molar-refractivity contribution < 1.29 is 9.53 Å². The van der Waals surface area contributed by atoms with Gasteiger partial charge in [-0.25, -0.2) is 14.6 Å². The molecule has 0 saturated heterocycles. The van der Waals surface area contributed by atoms with Gasteiger partial charge in [0.15, 0.2) is 5.82 Å². The molecule has 1 amide bonds. The van der Waals surface area contributed by atoms with Crippen LogP contribution in [0.25, 0.3) is 5.82 Å². The van der Waals surface area contributed by atoms with E-state index in [4.69, 9.17) is 4.74 Å². The van der Waals surface area contributed by atoms with Crippen molar-refractivity contribution in [1.29, 1.82) is 0 Å². The maximum absolute atomic E-state index is 12.5. The summed E-state index contributed by atoms with van der Waals surface area (Å²) in [6.07, 6.45) is 1.74. The first-order chi connectivity index (χ1) is 13.0. The summed E-state index contributed by atoms with van der Waals surface area (Å²) < 4.78 is 7.27. The second kappa shape index (κ2) is 7.99. The summed E-state index contributed by atoms with van der Waals surface area (Å²) in [6.45, 7) is 8.48. The number of aryl methyl sites for hydroxylation is 3. The Bertz CT molecular complexity index is 948. The molecule has 3 heterocycles. The first-order valence-electron chi connectivity index (χ1n) is 8.85. The lowest BCUT2D eigenvalue weighted by atomic mass is 10.2. The van der Waals surface area contributed by atoms with E-state index in [-0.39, 0.29) is 5.91 Å². The molecule has 3 rings (SSSR count). The van der Waals surface area contributed by atoms with E-state index < -0.39 is 0 Å². The number of pyridine rings is 2. The van der Waals surface area contributed by atoms with Crippen molar-refractivity contribution in [1.82, 2.24) is 25.1 Å². The number of rotatable bonds is 6. The third-order valence-corrected chi connectivity index (χ3v) is 4.01. The molecule has 0 aliphatic carbocycles. The number of amides is 1. The average molecular weight is 365 g/mol. The quantitative estimate of drug-likeness (QED) is 0.726. The van der Waals surface area contributed by atoms with Crippen LogP contribution >= 0.6 is 0 Å². The highest BCUT2D eigenvalue weighted by molar-refractivity contribution is 5.96. The first-order valence-corrected chi connectivity index (χ1v) is 8.85. The number of nitrogens with one attached hydrogen (secondary N) is 1. The maximum atomic E-state index is 12.5. The van der Waals surface area contributed by atoms with Crippen molar-refractivity contribution in [2.24, 2.45) is 0 Å². The van der Waals surface area contributed by atoms with E-state index in [1.54, 1.807) is 23.0 Å². The van der Waals surface area contributed by atoms with Crippen LogP contribution in [0.4, 0.5) is 0 Å². The Hall–Kier alpha value is -3.22. The van der Waals surface area contributed by atoms with Crippen LogP contribution in [0.5, 0.6) is 5.88 Å². The van der Waals surface area contributed by atoms with Crippen molar-refractivity contribution in [2.45, 2.75) is 34.2 Å². The molecule has 0 fully saturated rings. The van der Waals surface area contributed by atoms with E-state index in [1.165, 1.54) is 0 Å². The van der Waals surface area contributed by atoms with Gasteiger partial charge in [0, 0.05) is 24.1 Å². The zero-order valence-corrected chi connectivity index (χ0v) is 16.0. The van der Waals surface area contributed by atoms with E-state index in [2.05, 4.69) is 20.4 Å². The summed E-state index contributed by atoms with van der Waals surface area (Å²) in [5, 5.41) is 7.31. The van der Waals surface area contributed by atoms with Crippen LogP contribution in [-0.2, 0) is 6.54 Å². The first kappa shape index (κ1) is 18.6. The third-order valence-electron chi connectivity index (χ3n) is 4.01. The minimum atomic E-state index is -0.228. The van der Waals surface area contributed by atoms with Crippen LogP contribution < -0.4 is 10.1 Å². The fourth-order valence-corrected chi connectivity index (χ4v) is 2.74. The molecule has 3 aromatic heterocycles. The minimum Gasteiger partial charge on any atom is -0.477 e. The number of nitrogens with zero attached hydrogens (tertiary/aromatic N) is 4. The monoisotopic (exact) mass is 365 g/mol. The van der Waals surface area contributed by atoms with Gasteiger partial charge in [-0.15, -0.1) is 0 Å². The van der Waals surface area contributed by atoms with E-state index in [9.17, 15) is 4.79 Å². The van der Waals surface area contributed by atoms with Gasteiger partial charge in [0.2, 0.25) is 5.88 Å². The van der Waals surface area contributed by atoms with E-state index in [0.717, 1.165) is 28.5 Å². The summed E-state index contributed by atoms with van der Waals surface area (Å²) in [7, 11) is 0. The molecule has 140 valence electrons. The number of carbonyl (C=O) groups is 1. The lowest BCUT2D eigenvalue weighted by Gasteiger charge is -2.11. The Labute approximate surface area is 158 Å². The van der Waals surface area contributed by atoms with Gasteiger partial charge in [-0.3, -0.25) is 4.79 Å². The highest BCUT2D eigenvalue weighted by Crippen LogP contribution is 2.16. The van der Waals surface area contributed by atoms with Gasteiger partial charge in [-0.05, 0) is 57.5 Å². The molecule has 0 unspecified atom stereocenters. The molecule has 0 spiro atoms. The molecular weight excluding hydrogens is 342 g/mol. The predicted molar refractivity (Wildman–Crippen MR) is 102 cm³/mol. The van der Waals surface area contributed by atoms with E-state index in [1.807, 2.05) is 45.9 Å². The van der Waals surface area contributed by atoms with E-state index >= 15 is 0 Å². The van der Waals surface area contributed by atoms with Gasteiger partial charge in [-0.1, -0.05) is 6.07 Å². The molecular formula is C20H23N5O2. The van der Waals surface area contributed by atoms with E-state index in [0.29, 0.717) is 24.6 Å². The van der Waals surface area contributed by atoms with Crippen molar-refractivity contribution in [3.05, 3.63) is 64.7 Å². The van der Waals surface area contributed by atoms with Crippen molar-refractivity contribution >= 4 is 5.91 Å². The number of aromatic nitrogens is 4. The van der Waals surface area contributed by atoms with Crippen molar-refractivity contribution in [3.8, 4) is 11.7 Å². The summed E-state index contributed by atoms with van der Waals surface area (Å²) in [6, 6.07) is 9.34. The topological polar surface area (TPSA) is 81.9 Å². The Balaban J connectivity index is 1.68. The van der Waals surface area contributed by atoms with Crippen LogP contribution in [0, 0.1) is 20.8 Å². The van der Waals surface area contributed by atoms with Crippen molar-refractivity contribution in [3.63, 3.8) is 0 Å². The minimum absolute atomic E-state index is 0.228. The van der Waals surface area contributed by atoms with Crippen LogP contribution in [0.3, 0.4) is 0 Å². The summed E-state index contributed by atoms with van der Waals surface area (Å²) in [5.41, 5.74) is 4.10. The molecule has 0 bridgehead atoms. The Morgan fingerprint density at radius 3 is 2.59 bits per heavy atom. The number of carbonyl (C=O) groups excluding carboxylic acids is 1. The number of hydrogen-bond acceptors (Lipinski definition) is 5. The molecule has 1 N–H and O–H groups in total. The van der Waals surface area contributed by atoms with Crippen LogP contribution in [0.1, 0.15) is 39.9 Å². The normalized spacial score (nSPS) is 10.7. The molecule has 0 aromatic carbocycles. The maximum Gasteiger partial charge on any atom is 0.257 e. The second-order valence-electron chi connectivity index (χ2n) is 6.28. The molecule has 27 heavy (non-hydrogen) atoms. The summed E-state index contributed by atoms with van der Waals surface area (Å²) in [5.74, 6) is 0.874. The Morgan fingerprint density at radius 2 is 1.96 bits per heavy atom. The van der Waals surface area contributed by atoms with Gasteiger partial charge >= 0.3 is 0 Å². The molecule has 0 saturated carbocycles. The predicted octanol–water partition coefficient (Wildman–Crippen LogP) is 2.92. The summed E-state index contributed by atoms with van der Waals surface area (Å²) >= 11 is 0. The fraction of sp³-hybridized carbons (Fsp3) is 0.300. The van der Waals surface area contributed by atoms with Gasteiger partial charge in [0.05, 0.1) is 12.3 Å². The standard InChI is InChI=1S/C20H23N5O2/c1-5-27-20-17(8-6-13(2)23-20)19(26)22-12-16-7-9-18(21-11-16)25-15(4)10-14(3)24-25/h6-11H,5,12H2,1-4H3,(H,22,26). The molecule has 7 nitrogen and oxygen atoms in total. The molecule has 7 heteroatoms. The molecule has 0 atom stereocenters. The Morgan fingerprint density at radius 1 is 1.15 bits per heavy atom. The van der Waals surface area contributed by atoms with Crippen LogP contribution in [0.2, 0.25) is 0 Å². The second-order valence-corrected chi connectivity index (χ2v) is 6.28. The summed E-state index contributed by atoms with van der Waals surface area (Å²) in [4.78, 5) is 21.2. The average Bonchev–Trinajstić information content (AvgIpc) is 2.99. The SMILES string of the molecule is CCOc1nc(C)ccc1C(=O)NCc1ccc(-n2nc(C)cc2C)nc1. The van der Waals surface area contributed by atoms with Gasteiger partial charge in [0.25, 0.3) is 5.91 Å². The van der Waals surface area contributed by atoms with Crippen LogP contribution in [-0.4, -0.2) is 32.3 Å². The molecule has 0 radical (unpaired) electrons. The fourth-order valence-electron chi connectivity index (χ4n) is 2.74. The van der Waals surface area contributed by atoms with Gasteiger partial charge < -0.3 is 10.1 Å². The molecule has 3 aromatic rings. The number of hydrogen-bond donors (Lipinski definition) is 1. The molecule has 0 aliphatic rings. The molecule has 0 aliphatic heterocycles. The highest BCUT2D eigenvalue weighted by Gasteiger charge is 2.14. The zero-order chi connectivity index (χ0) is 19.4. The third kappa shape index (κ3) is 4.31. The zero-order valence-electron chi connectivity index (χ0n) is 16.0. The number of ether oxygens (including phenoxy) is 1. The lowest BCUT2D eigenvalue weighted by molar-refractivity contribution is 0.0946. The lowest BCUT2D eigenvalue weighted by Crippen LogP contribution is -2.24. The Kier molecular flexibility index (Phi) is 5.49.